The summed E-state index contributed by atoms with van der Waals surface area (Å²) in [6.07, 6.45) is 2.46. The van der Waals surface area contributed by atoms with Gasteiger partial charge in [0.05, 0.1) is 14.2 Å². The molecule has 16 heavy (non-hydrogen) atoms. The van der Waals surface area contributed by atoms with Gasteiger partial charge >= 0.3 is 0 Å². The predicted octanol–water partition coefficient (Wildman–Crippen LogP) is 2.20. The van der Waals surface area contributed by atoms with Gasteiger partial charge in [0.2, 0.25) is 0 Å². The van der Waals surface area contributed by atoms with E-state index < -0.39 is 0 Å². The molecular weight excluding hydrogens is 204 g/mol. The summed E-state index contributed by atoms with van der Waals surface area (Å²) in [5, 5.41) is 0. The number of hydrogen-bond acceptors (Lipinski definition) is 3. The number of carbonyl (C=O) groups excluding carboxylic acids is 1. The first kappa shape index (κ1) is 10.7. The van der Waals surface area contributed by atoms with Crippen molar-refractivity contribution in [3.05, 3.63) is 34.9 Å². The molecule has 84 valence electrons. The third-order valence-corrected chi connectivity index (χ3v) is 2.86. The molecule has 3 nitrogen and oxygen atoms in total. The number of carbonyl (C=O) groups is 1. The van der Waals surface area contributed by atoms with Gasteiger partial charge in [-0.05, 0) is 36.6 Å². The number of fused-ring (bicyclic) bond motifs is 1. The molecule has 0 N–H and O–H groups in total. The Kier molecular flexibility index (Phi) is 2.95. The minimum atomic E-state index is 0.693. The van der Waals surface area contributed by atoms with Gasteiger partial charge in [0.25, 0.3) is 0 Å². The minimum Gasteiger partial charge on any atom is -0.497 e. The number of ether oxygens (including phenoxy) is 2. The first-order valence-electron chi connectivity index (χ1n) is 5.19. The molecule has 0 amide bonds. The van der Waals surface area contributed by atoms with E-state index in [2.05, 4.69) is 0 Å². The standard InChI is InChI=1S/C13H14O3/c1-15-11-5-6-12-9(7-11)3-4-10(8-14)13(12)16-2/h5-8H,3-4H2,1-2H3. The molecule has 2 rings (SSSR count). The van der Waals surface area contributed by atoms with Crippen molar-refractivity contribution >= 4 is 12.0 Å². The first-order valence-corrected chi connectivity index (χ1v) is 5.19. The highest BCUT2D eigenvalue weighted by Crippen LogP contribution is 2.32. The van der Waals surface area contributed by atoms with E-state index in [-0.39, 0.29) is 0 Å². The monoisotopic (exact) mass is 218 g/mol. The molecule has 1 aromatic carbocycles. The number of aryl methyl sites for hydroxylation is 1. The molecule has 0 unspecified atom stereocenters. The van der Waals surface area contributed by atoms with Gasteiger partial charge in [-0.1, -0.05) is 0 Å². The molecule has 0 heterocycles. The number of rotatable bonds is 3. The Morgan fingerprint density at radius 1 is 1.19 bits per heavy atom. The second-order valence-electron chi connectivity index (χ2n) is 3.70. The van der Waals surface area contributed by atoms with E-state index in [4.69, 9.17) is 9.47 Å². The summed E-state index contributed by atoms with van der Waals surface area (Å²) in [6.45, 7) is 0. The highest BCUT2D eigenvalue weighted by molar-refractivity contribution is 5.87. The topological polar surface area (TPSA) is 35.5 Å². The largest absolute Gasteiger partial charge is 0.497 e. The average Bonchev–Trinajstić information content (AvgIpc) is 2.36. The lowest BCUT2D eigenvalue weighted by atomic mass is 9.91. The van der Waals surface area contributed by atoms with Gasteiger partial charge in [-0.25, -0.2) is 0 Å². The average molecular weight is 218 g/mol. The van der Waals surface area contributed by atoms with Crippen molar-refractivity contribution in [1.29, 1.82) is 0 Å². The molecule has 0 saturated heterocycles. The van der Waals surface area contributed by atoms with Gasteiger partial charge < -0.3 is 9.47 Å². The maximum Gasteiger partial charge on any atom is 0.149 e. The summed E-state index contributed by atoms with van der Waals surface area (Å²) in [7, 11) is 3.24. The normalized spacial score (nSPS) is 14.4. The number of aldehydes is 1. The van der Waals surface area contributed by atoms with Crippen LogP contribution in [0.5, 0.6) is 5.75 Å². The molecule has 0 fully saturated rings. The van der Waals surface area contributed by atoms with Crippen LogP contribution < -0.4 is 4.74 Å². The Morgan fingerprint density at radius 2 is 2.00 bits per heavy atom. The lowest BCUT2D eigenvalue weighted by molar-refractivity contribution is -0.105. The zero-order valence-electron chi connectivity index (χ0n) is 9.45. The van der Waals surface area contributed by atoms with Crippen LogP contribution in [0.1, 0.15) is 17.5 Å². The molecule has 3 heteroatoms. The minimum absolute atomic E-state index is 0.693. The molecule has 0 saturated carbocycles. The van der Waals surface area contributed by atoms with E-state index >= 15 is 0 Å². The van der Waals surface area contributed by atoms with Crippen LogP contribution in [0.15, 0.2) is 23.8 Å². The zero-order chi connectivity index (χ0) is 11.5. The van der Waals surface area contributed by atoms with Gasteiger partial charge in [0.1, 0.15) is 17.8 Å². The van der Waals surface area contributed by atoms with Crippen LogP contribution in [0.4, 0.5) is 0 Å². The van der Waals surface area contributed by atoms with Gasteiger partial charge in [-0.3, -0.25) is 4.79 Å². The van der Waals surface area contributed by atoms with Crippen molar-refractivity contribution in [2.24, 2.45) is 0 Å². The Hall–Kier alpha value is -1.77. The molecular formula is C13H14O3. The molecule has 0 spiro atoms. The maximum atomic E-state index is 10.9. The van der Waals surface area contributed by atoms with Crippen LogP contribution in [0.2, 0.25) is 0 Å². The van der Waals surface area contributed by atoms with Gasteiger partial charge in [-0.2, -0.15) is 0 Å². The van der Waals surface area contributed by atoms with E-state index in [9.17, 15) is 4.79 Å². The number of hydrogen-bond donors (Lipinski definition) is 0. The quantitative estimate of drug-likeness (QED) is 0.729. The third kappa shape index (κ3) is 1.69. The molecule has 0 aromatic heterocycles. The second kappa shape index (κ2) is 4.39. The van der Waals surface area contributed by atoms with E-state index in [1.165, 1.54) is 5.56 Å². The summed E-state index contributed by atoms with van der Waals surface area (Å²) in [6, 6.07) is 5.82. The fourth-order valence-corrected chi connectivity index (χ4v) is 2.03. The molecule has 1 aliphatic rings. The van der Waals surface area contributed by atoms with E-state index in [0.29, 0.717) is 5.76 Å². The lowest BCUT2D eigenvalue weighted by Crippen LogP contribution is -2.07. The first-order chi connectivity index (χ1) is 7.80. The summed E-state index contributed by atoms with van der Waals surface area (Å²) in [5.74, 6) is 1.53. The van der Waals surface area contributed by atoms with Crippen molar-refractivity contribution in [1.82, 2.24) is 0 Å². The summed E-state index contributed by atoms with van der Waals surface area (Å²) < 4.78 is 10.5. The SMILES string of the molecule is COC1=C(C=O)CCc2cc(OC)ccc21. The van der Waals surface area contributed by atoms with Crippen LogP contribution in [-0.2, 0) is 16.0 Å². The Balaban J connectivity index is 2.52. The van der Waals surface area contributed by atoms with Crippen LogP contribution in [-0.4, -0.2) is 20.5 Å². The maximum absolute atomic E-state index is 10.9. The number of allylic oxidation sites excluding steroid dienone is 1. The van der Waals surface area contributed by atoms with Crippen LogP contribution in [0, 0.1) is 0 Å². The second-order valence-corrected chi connectivity index (χ2v) is 3.70. The van der Waals surface area contributed by atoms with Crippen LogP contribution in [0.3, 0.4) is 0 Å². The van der Waals surface area contributed by atoms with Gasteiger partial charge in [-0.15, -0.1) is 0 Å². The zero-order valence-corrected chi connectivity index (χ0v) is 9.45. The van der Waals surface area contributed by atoms with Crippen LogP contribution in [0.25, 0.3) is 5.76 Å². The van der Waals surface area contributed by atoms with Crippen molar-refractivity contribution < 1.29 is 14.3 Å². The Labute approximate surface area is 94.7 Å². The Bertz CT molecular complexity index is 446. The highest BCUT2D eigenvalue weighted by Gasteiger charge is 2.19. The Morgan fingerprint density at radius 3 is 2.62 bits per heavy atom. The fourth-order valence-electron chi connectivity index (χ4n) is 2.03. The molecule has 1 aromatic rings. The van der Waals surface area contributed by atoms with Crippen molar-refractivity contribution in [2.45, 2.75) is 12.8 Å². The van der Waals surface area contributed by atoms with Gasteiger partial charge in [0, 0.05) is 11.1 Å². The van der Waals surface area contributed by atoms with Gasteiger partial charge in [0.15, 0.2) is 0 Å². The number of methoxy groups -OCH3 is 2. The molecule has 0 atom stereocenters. The number of benzene rings is 1. The van der Waals surface area contributed by atoms with E-state index in [1.54, 1.807) is 14.2 Å². The van der Waals surface area contributed by atoms with E-state index in [0.717, 1.165) is 36.0 Å². The highest BCUT2D eigenvalue weighted by atomic mass is 16.5. The van der Waals surface area contributed by atoms with Crippen LogP contribution >= 0.6 is 0 Å². The summed E-state index contributed by atoms with van der Waals surface area (Å²) in [5.41, 5.74) is 2.90. The van der Waals surface area contributed by atoms with Crippen molar-refractivity contribution in [2.75, 3.05) is 14.2 Å². The van der Waals surface area contributed by atoms with Crippen molar-refractivity contribution in [3.8, 4) is 5.75 Å². The third-order valence-electron chi connectivity index (χ3n) is 2.86. The lowest BCUT2D eigenvalue weighted by Gasteiger charge is -2.20. The molecule has 0 bridgehead atoms. The predicted molar refractivity (Wildman–Crippen MR) is 61.3 cm³/mol. The molecule has 0 radical (unpaired) electrons. The molecule has 0 aliphatic heterocycles. The molecule has 1 aliphatic carbocycles. The van der Waals surface area contributed by atoms with Crippen molar-refractivity contribution in [3.63, 3.8) is 0 Å². The smallest absolute Gasteiger partial charge is 0.149 e. The summed E-state index contributed by atoms with van der Waals surface area (Å²) in [4.78, 5) is 10.9. The summed E-state index contributed by atoms with van der Waals surface area (Å²) >= 11 is 0. The fraction of sp³-hybridized carbons (Fsp3) is 0.308. The van der Waals surface area contributed by atoms with E-state index in [1.807, 2.05) is 18.2 Å².